The fourth-order valence-corrected chi connectivity index (χ4v) is 1.81. The van der Waals surface area contributed by atoms with E-state index in [-0.39, 0.29) is 18.1 Å². The van der Waals surface area contributed by atoms with Crippen LogP contribution in [0.2, 0.25) is 0 Å². The van der Waals surface area contributed by atoms with Gasteiger partial charge in [-0.1, -0.05) is 32.0 Å². The molecule has 1 amide bonds. The SMILES string of the molecule is CC(C)C(C)NC(=O)C1Cc2ccccc2O1. The molecule has 0 bridgehead atoms. The van der Waals surface area contributed by atoms with Gasteiger partial charge in [-0.25, -0.2) is 0 Å². The van der Waals surface area contributed by atoms with Gasteiger partial charge in [0.05, 0.1) is 0 Å². The van der Waals surface area contributed by atoms with E-state index in [1.807, 2.05) is 31.2 Å². The van der Waals surface area contributed by atoms with E-state index in [0.29, 0.717) is 12.3 Å². The summed E-state index contributed by atoms with van der Waals surface area (Å²) in [5.74, 6) is 1.26. The van der Waals surface area contributed by atoms with Gasteiger partial charge in [0.15, 0.2) is 6.10 Å². The first-order valence-corrected chi connectivity index (χ1v) is 6.13. The average Bonchev–Trinajstić information content (AvgIpc) is 2.72. The number of ether oxygens (including phenoxy) is 1. The molecule has 1 aromatic rings. The molecule has 1 aromatic carbocycles. The Hall–Kier alpha value is -1.51. The van der Waals surface area contributed by atoms with Gasteiger partial charge in [-0.15, -0.1) is 0 Å². The second-order valence-corrected chi connectivity index (χ2v) is 4.96. The number of carbonyl (C=O) groups is 1. The molecular formula is C14H19NO2. The molecule has 2 unspecified atom stereocenters. The number of hydrogen-bond acceptors (Lipinski definition) is 2. The maximum atomic E-state index is 12.0. The third-order valence-corrected chi connectivity index (χ3v) is 3.31. The lowest BCUT2D eigenvalue weighted by molar-refractivity contribution is -0.128. The van der Waals surface area contributed by atoms with Crippen LogP contribution in [0.4, 0.5) is 0 Å². The predicted octanol–water partition coefficient (Wildman–Crippen LogP) is 2.15. The van der Waals surface area contributed by atoms with Gasteiger partial charge >= 0.3 is 0 Å². The molecule has 2 atom stereocenters. The van der Waals surface area contributed by atoms with Crippen LogP contribution in [-0.4, -0.2) is 18.1 Å². The van der Waals surface area contributed by atoms with Crippen molar-refractivity contribution in [3.63, 3.8) is 0 Å². The van der Waals surface area contributed by atoms with Crippen molar-refractivity contribution < 1.29 is 9.53 Å². The van der Waals surface area contributed by atoms with Gasteiger partial charge in [0, 0.05) is 12.5 Å². The van der Waals surface area contributed by atoms with Crippen LogP contribution in [0.3, 0.4) is 0 Å². The highest BCUT2D eigenvalue weighted by Gasteiger charge is 2.29. The lowest BCUT2D eigenvalue weighted by atomic mass is 10.1. The Kier molecular flexibility index (Phi) is 3.36. The van der Waals surface area contributed by atoms with Gasteiger partial charge in [-0.3, -0.25) is 4.79 Å². The van der Waals surface area contributed by atoms with Crippen LogP contribution in [0.15, 0.2) is 24.3 Å². The van der Waals surface area contributed by atoms with E-state index in [4.69, 9.17) is 4.74 Å². The van der Waals surface area contributed by atoms with Crippen LogP contribution in [-0.2, 0) is 11.2 Å². The quantitative estimate of drug-likeness (QED) is 0.868. The van der Waals surface area contributed by atoms with E-state index in [0.717, 1.165) is 11.3 Å². The summed E-state index contributed by atoms with van der Waals surface area (Å²) in [5.41, 5.74) is 1.12. The van der Waals surface area contributed by atoms with Gasteiger partial charge in [0.2, 0.25) is 0 Å². The van der Waals surface area contributed by atoms with Crippen molar-refractivity contribution in [1.29, 1.82) is 0 Å². The minimum absolute atomic E-state index is 0.0117. The van der Waals surface area contributed by atoms with Gasteiger partial charge in [0.1, 0.15) is 5.75 Å². The largest absolute Gasteiger partial charge is 0.480 e. The van der Waals surface area contributed by atoms with E-state index in [1.165, 1.54) is 0 Å². The summed E-state index contributed by atoms with van der Waals surface area (Å²) in [6.07, 6.45) is 0.306. The molecule has 3 nitrogen and oxygen atoms in total. The highest BCUT2D eigenvalue weighted by atomic mass is 16.5. The number of benzene rings is 1. The Balaban J connectivity index is 1.97. The molecule has 0 fully saturated rings. The number of amides is 1. The first kappa shape index (κ1) is 12.0. The fourth-order valence-electron chi connectivity index (χ4n) is 1.81. The number of rotatable bonds is 3. The summed E-state index contributed by atoms with van der Waals surface area (Å²) >= 11 is 0. The topological polar surface area (TPSA) is 38.3 Å². The summed E-state index contributed by atoms with van der Waals surface area (Å²) in [6.45, 7) is 6.20. The van der Waals surface area contributed by atoms with E-state index in [1.54, 1.807) is 0 Å². The highest BCUT2D eigenvalue weighted by molar-refractivity contribution is 5.82. The normalized spacial score (nSPS) is 19.6. The molecule has 0 aromatic heterocycles. The number of nitrogens with one attached hydrogen (secondary N) is 1. The molecule has 1 N–H and O–H groups in total. The first-order valence-electron chi connectivity index (χ1n) is 6.13. The highest BCUT2D eigenvalue weighted by Crippen LogP contribution is 2.28. The third-order valence-electron chi connectivity index (χ3n) is 3.31. The molecule has 92 valence electrons. The Morgan fingerprint density at radius 2 is 2.06 bits per heavy atom. The van der Waals surface area contributed by atoms with E-state index >= 15 is 0 Å². The second kappa shape index (κ2) is 4.78. The van der Waals surface area contributed by atoms with Crippen molar-refractivity contribution in [1.82, 2.24) is 5.32 Å². The molecule has 3 heteroatoms. The zero-order valence-electron chi connectivity index (χ0n) is 10.6. The molecule has 17 heavy (non-hydrogen) atoms. The standard InChI is InChI=1S/C14H19NO2/c1-9(2)10(3)15-14(16)13-8-11-6-4-5-7-12(11)17-13/h4-7,9-10,13H,8H2,1-3H3,(H,15,16). The lowest BCUT2D eigenvalue weighted by Gasteiger charge is -2.19. The van der Waals surface area contributed by atoms with Crippen molar-refractivity contribution >= 4 is 5.91 Å². The van der Waals surface area contributed by atoms with Crippen LogP contribution in [0, 0.1) is 5.92 Å². The van der Waals surface area contributed by atoms with Crippen LogP contribution in [0.1, 0.15) is 26.3 Å². The monoisotopic (exact) mass is 233 g/mol. The Morgan fingerprint density at radius 3 is 2.71 bits per heavy atom. The van der Waals surface area contributed by atoms with Crippen LogP contribution in [0.5, 0.6) is 5.75 Å². The predicted molar refractivity (Wildman–Crippen MR) is 67.0 cm³/mol. The maximum Gasteiger partial charge on any atom is 0.261 e. The first-order chi connectivity index (χ1) is 8.08. The number of fused-ring (bicyclic) bond motifs is 1. The smallest absolute Gasteiger partial charge is 0.261 e. The molecular weight excluding hydrogens is 214 g/mol. The maximum absolute atomic E-state index is 12.0. The minimum Gasteiger partial charge on any atom is -0.480 e. The Labute approximate surface area is 102 Å². The zero-order valence-corrected chi connectivity index (χ0v) is 10.6. The van der Waals surface area contributed by atoms with Crippen molar-refractivity contribution in [2.75, 3.05) is 0 Å². The molecule has 0 radical (unpaired) electrons. The Bertz CT molecular complexity index is 389. The van der Waals surface area contributed by atoms with E-state index in [9.17, 15) is 4.79 Å². The number of hydrogen-bond donors (Lipinski definition) is 1. The molecule has 0 aliphatic carbocycles. The fraction of sp³-hybridized carbons (Fsp3) is 0.500. The molecule has 1 heterocycles. The molecule has 2 rings (SSSR count). The minimum atomic E-state index is -0.367. The van der Waals surface area contributed by atoms with E-state index in [2.05, 4.69) is 19.2 Å². The Morgan fingerprint density at radius 1 is 1.35 bits per heavy atom. The van der Waals surface area contributed by atoms with Crippen molar-refractivity contribution in [3.8, 4) is 5.75 Å². The number of para-hydroxylation sites is 1. The van der Waals surface area contributed by atoms with Gasteiger partial charge < -0.3 is 10.1 Å². The average molecular weight is 233 g/mol. The summed E-state index contributed by atoms with van der Waals surface area (Å²) < 4.78 is 5.64. The van der Waals surface area contributed by atoms with Crippen LogP contribution >= 0.6 is 0 Å². The second-order valence-electron chi connectivity index (χ2n) is 4.96. The summed E-state index contributed by atoms with van der Waals surface area (Å²) in [7, 11) is 0. The summed E-state index contributed by atoms with van der Waals surface area (Å²) in [4.78, 5) is 12.0. The van der Waals surface area contributed by atoms with Crippen LogP contribution in [0.25, 0.3) is 0 Å². The molecule has 0 saturated carbocycles. The lowest BCUT2D eigenvalue weighted by Crippen LogP contribution is -2.44. The van der Waals surface area contributed by atoms with Gasteiger partial charge in [0.25, 0.3) is 5.91 Å². The van der Waals surface area contributed by atoms with Gasteiger partial charge in [-0.05, 0) is 24.5 Å². The van der Waals surface area contributed by atoms with Crippen molar-refractivity contribution in [2.24, 2.45) is 5.92 Å². The zero-order chi connectivity index (χ0) is 12.4. The van der Waals surface area contributed by atoms with Gasteiger partial charge in [-0.2, -0.15) is 0 Å². The van der Waals surface area contributed by atoms with Crippen molar-refractivity contribution in [2.45, 2.75) is 39.3 Å². The third kappa shape index (κ3) is 2.60. The molecule has 0 saturated heterocycles. The molecule has 1 aliphatic heterocycles. The summed E-state index contributed by atoms with van der Waals surface area (Å²) in [5, 5.41) is 2.99. The van der Waals surface area contributed by atoms with Crippen LogP contribution < -0.4 is 10.1 Å². The van der Waals surface area contributed by atoms with E-state index < -0.39 is 0 Å². The molecule has 1 aliphatic rings. The molecule has 0 spiro atoms. The number of carbonyl (C=O) groups excluding carboxylic acids is 1. The summed E-state index contributed by atoms with van der Waals surface area (Å²) in [6, 6.07) is 7.99. The van der Waals surface area contributed by atoms with Crippen molar-refractivity contribution in [3.05, 3.63) is 29.8 Å².